The van der Waals surface area contributed by atoms with Crippen molar-refractivity contribution < 1.29 is 14.0 Å². The largest absolute Gasteiger partial charge is 0.467 e. The van der Waals surface area contributed by atoms with Crippen molar-refractivity contribution in [3.63, 3.8) is 0 Å². The maximum atomic E-state index is 12.1. The number of hydrogen-bond donors (Lipinski definition) is 3. The second-order valence-corrected chi connectivity index (χ2v) is 6.20. The first kappa shape index (κ1) is 15.6. The van der Waals surface area contributed by atoms with E-state index in [1.807, 2.05) is 18.2 Å². The van der Waals surface area contributed by atoms with Crippen LogP contribution in [0.4, 0.5) is 0 Å². The van der Waals surface area contributed by atoms with Gasteiger partial charge >= 0.3 is 0 Å². The molecule has 0 spiro atoms. The van der Waals surface area contributed by atoms with Crippen LogP contribution in [0.1, 0.15) is 16.2 Å². The van der Waals surface area contributed by atoms with Gasteiger partial charge in [-0.1, -0.05) is 0 Å². The number of carbonyl (C=O) groups is 2. The number of nitrogens with one attached hydrogen (secondary N) is 3. The van der Waals surface area contributed by atoms with Gasteiger partial charge in [0.2, 0.25) is 5.91 Å². The highest BCUT2D eigenvalue weighted by Crippen LogP contribution is 2.18. The van der Waals surface area contributed by atoms with Crippen LogP contribution in [0.2, 0.25) is 0 Å². The lowest BCUT2D eigenvalue weighted by Gasteiger charge is -2.04. The highest BCUT2D eigenvalue weighted by atomic mass is 127. The zero-order valence-electron chi connectivity index (χ0n) is 12.1. The molecule has 7 heteroatoms. The Hall–Kier alpha value is -2.29. The number of aromatic amines is 1. The van der Waals surface area contributed by atoms with Crippen LogP contribution in [0.15, 0.2) is 47.1 Å². The summed E-state index contributed by atoms with van der Waals surface area (Å²) in [6, 6.07) is 11.2. The van der Waals surface area contributed by atoms with Crippen molar-refractivity contribution in [2.24, 2.45) is 0 Å². The number of hydrogen-bond acceptors (Lipinski definition) is 3. The molecule has 0 radical (unpaired) electrons. The van der Waals surface area contributed by atoms with E-state index in [4.69, 9.17) is 4.42 Å². The number of amides is 2. The van der Waals surface area contributed by atoms with Gasteiger partial charge < -0.3 is 20.0 Å². The molecule has 3 aromatic rings. The molecule has 3 N–H and O–H groups in total. The van der Waals surface area contributed by atoms with Gasteiger partial charge in [0.1, 0.15) is 11.5 Å². The van der Waals surface area contributed by atoms with Crippen molar-refractivity contribution in [1.29, 1.82) is 0 Å². The molecule has 0 fully saturated rings. The van der Waals surface area contributed by atoms with Crippen LogP contribution < -0.4 is 10.6 Å². The monoisotopic (exact) mass is 423 g/mol. The van der Waals surface area contributed by atoms with E-state index in [9.17, 15) is 9.59 Å². The molecular formula is C16H14IN3O3. The van der Waals surface area contributed by atoms with Gasteiger partial charge in [0.25, 0.3) is 5.91 Å². The number of benzene rings is 1. The minimum atomic E-state index is -0.315. The third-order valence-corrected chi connectivity index (χ3v) is 3.95. The molecule has 2 heterocycles. The Bertz CT molecular complexity index is 840. The van der Waals surface area contributed by atoms with Crippen molar-refractivity contribution in [2.45, 2.75) is 6.54 Å². The van der Waals surface area contributed by atoms with Crippen LogP contribution in [0, 0.1) is 3.57 Å². The Kier molecular flexibility index (Phi) is 4.65. The van der Waals surface area contributed by atoms with E-state index in [2.05, 4.69) is 38.2 Å². The molecule has 2 amide bonds. The van der Waals surface area contributed by atoms with Gasteiger partial charge in [0.15, 0.2) is 0 Å². The summed E-state index contributed by atoms with van der Waals surface area (Å²) >= 11 is 2.22. The number of carbonyl (C=O) groups excluding carboxylic acids is 2. The minimum Gasteiger partial charge on any atom is -0.467 e. The van der Waals surface area contributed by atoms with E-state index in [0.29, 0.717) is 18.0 Å². The molecule has 0 aliphatic carbocycles. The second-order valence-electron chi connectivity index (χ2n) is 4.95. The fourth-order valence-electron chi connectivity index (χ4n) is 2.14. The summed E-state index contributed by atoms with van der Waals surface area (Å²) in [6.07, 6.45) is 1.54. The van der Waals surface area contributed by atoms with Crippen LogP contribution in [-0.4, -0.2) is 23.3 Å². The Morgan fingerprint density at radius 3 is 2.83 bits per heavy atom. The number of furan rings is 1. The molecule has 0 unspecified atom stereocenters. The van der Waals surface area contributed by atoms with Gasteiger partial charge in [-0.2, -0.15) is 0 Å². The zero-order valence-corrected chi connectivity index (χ0v) is 14.2. The second kappa shape index (κ2) is 6.86. The molecule has 3 rings (SSSR count). The standard InChI is InChI=1S/C16H14IN3O3/c17-11-3-4-13-10(6-11)7-14(20-13)16(22)19-9-15(21)18-8-12-2-1-5-23-12/h1-7,20H,8-9H2,(H,18,21)(H,19,22). The Labute approximate surface area is 145 Å². The van der Waals surface area contributed by atoms with E-state index < -0.39 is 0 Å². The summed E-state index contributed by atoms with van der Waals surface area (Å²) in [5.74, 6) is 0.0691. The molecule has 23 heavy (non-hydrogen) atoms. The number of H-pyrrole nitrogens is 1. The SMILES string of the molecule is O=C(CNC(=O)c1cc2cc(I)ccc2[nH]1)NCc1ccco1. The molecule has 0 saturated carbocycles. The molecule has 1 aromatic carbocycles. The summed E-state index contributed by atoms with van der Waals surface area (Å²) in [4.78, 5) is 26.8. The fraction of sp³-hybridized carbons (Fsp3) is 0.125. The predicted octanol–water partition coefficient (Wildman–Crippen LogP) is 2.41. The first-order valence-corrected chi connectivity index (χ1v) is 8.05. The first-order valence-electron chi connectivity index (χ1n) is 6.97. The third-order valence-electron chi connectivity index (χ3n) is 3.28. The molecule has 0 saturated heterocycles. The van der Waals surface area contributed by atoms with Crippen LogP contribution in [0.5, 0.6) is 0 Å². The Morgan fingerprint density at radius 1 is 1.17 bits per heavy atom. The lowest BCUT2D eigenvalue weighted by molar-refractivity contribution is -0.120. The summed E-state index contributed by atoms with van der Waals surface area (Å²) in [6.45, 7) is 0.207. The van der Waals surface area contributed by atoms with Crippen molar-refractivity contribution in [2.75, 3.05) is 6.54 Å². The summed E-state index contributed by atoms with van der Waals surface area (Å²) in [5, 5.41) is 6.22. The highest BCUT2D eigenvalue weighted by molar-refractivity contribution is 14.1. The van der Waals surface area contributed by atoms with Crippen molar-refractivity contribution in [3.8, 4) is 0 Å². The molecule has 0 aliphatic heterocycles. The molecule has 0 aliphatic rings. The van der Waals surface area contributed by atoms with Crippen molar-refractivity contribution in [3.05, 3.63) is 57.7 Å². The topological polar surface area (TPSA) is 87.1 Å². The van der Waals surface area contributed by atoms with Gasteiger partial charge in [-0.25, -0.2) is 0 Å². The smallest absolute Gasteiger partial charge is 0.268 e. The number of aromatic nitrogens is 1. The van der Waals surface area contributed by atoms with Crippen molar-refractivity contribution in [1.82, 2.24) is 15.6 Å². The van der Waals surface area contributed by atoms with Crippen LogP contribution in [0.3, 0.4) is 0 Å². The number of halogens is 1. The lowest BCUT2D eigenvalue weighted by atomic mass is 10.2. The summed E-state index contributed by atoms with van der Waals surface area (Å²) in [7, 11) is 0. The number of fused-ring (bicyclic) bond motifs is 1. The normalized spacial score (nSPS) is 10.7. The van der Waals surface area contributed by atoms with Gasteiger partial charge in [-0.3, -0.25) is 9.59 Å². The van der Waals surface area contributed by atoms with E-state index in [1.165, 1.54) is 0 Å². The average molecular weight is 423 g/mol. The Balaban J connectivity index is 1.54. The quantitative estimate of drug-likeness (QED) is 0.551. The van der Waals surface area contributed by atoms with Gasteiger partial charge in [-0.15, -0.1) is 0 Å². The van der Waals surface area contributed by atoms with E-state index in [-0.39, 0.29) is 18.4 Å². The van der Waals surface area contributed by atoms with Crippen LogP contribution in [-0.2, 0) is 11.3 Å². The number of rotatable bonds is 5. The summed E-state index contributed by atoms with van der Waals surface area (Å²) in [5.41, 5.74) is 1.32. The maximum absolute atomic E-state index is 12.1. The van der Waals surface area contributed by atoms with Gasteiger partial charge in [0.05, 0.1) is 19.4 Å². The highest BCUT2D eigenvalue weighted by Gasteiger charge is 2.11. The zero-order chi connectivity index (χ0) is 16.2. The van der Waals surface area contributed by atoms with E-state index in [1.54, 1.807) is 24.5 Å². The Morgan fingerprint density at radius 2 is 2.04 bits per heavy atom. The predicted molar refractivity (Wildman–Crippen MR) is 93.9 cm³/mol. The molecule has 118 valence electrons. The fourth-order valence-corrected chi connectivity index (χ4v) is 2.66. The minimum absolute atomic E-state index is 0.0908. The van der Waals surface area contributed by atoms with Crippen LogP contribution >= 0.6 is 22.6 Å². The first-order chi connectivity index (χ1) is 11.1. The summed E-state index contributed by atoms with van der Waals surface area (Å²) < 4.78 is 6.21. The van der Waals surface area contributed by atoms with E-state index >= 15 is 0 Å². The van der Waals surface area contributed by atoms with Crippen LogP contribution in [0.25, 0.3) is 10.9 Å². The third kappa shape index (κ3) is 3.92. The molecule has 0 atom stereocenters. The maximum Gasteiger partial charge on any atom is 0.268 e. The average Bonchev–Trinajstić information content (AvgIpc) is 3.19. The molecule has 2 aromatic heterocycles. The van der Waals surface area contributed by atoms with Gasteiger partial charge in [0, 0.05) is 14.5 Å². The van der Waals surface area contributed by atoms with Gasteiger partial charge in [-0.05, 0) is 59.0 Å². The molecular weight excluding hydrogens is 409 g/mol. The lowest BCUT2D eigenvalue weighted by Crippen LogP contribution is -2.36. The molecule has 6 nitrogen and oxygen atoms in total. The van der Waals surface area contributed by atoms with Crippen molar-refractivity contribution >= 4 is 45.3 Å². The molecule has 0 bridgehead atoms. The van der Waals surface area contributed by atoms with E-state index in [0.717, 1.165) is 14.5 Å².